The molecule has 1 heterocycles. The van der Waals surface area contributed by atoms with Crippen LogP contribution in [0.25, 0.3) is 0 Å². The number of ketones is 2. The van der Waals surface area contributed by atoms with E-state index in [1.807, 2.05) is 55.4 Å². The number of amides is 5. The fourth-order valence-corrected chi connectivity index (χ4v) is 6.90. The lowest BCUT2D eigenvalue weighted by atomic mass is 9.74. The molecule has 1 saturated carbocycles. The molecule has 2 fully saturated rings. The number of allylic oxidation sites excluding steroid dienone is 1. The summed E-state index contributed by atoms with van der Waals surface area (Å²) in [5.74, 6) is -3.17. The Bertz CT molecular complexity index is 1200. The molecule has 270 valence electrons. The molecule has 11 nitrogen and oxygen atoms in total. The molecule has 11 heteroatoms. The molecule has 0 aromatic rings. The third-order valence-corrected chi connectivity index (χ3v) is 9.94. The summed E-state index contributed by atoms with van der Waals surface area (Å²) in [4.78, 5) is 82.5. The molecule has 1 saturated heterocycles. The van der Waals surface area contributed by atoms with Gasteiger partial charge in [-0.2, -0.15) is 0 Å². The first-order valence-corrected chi connectivity index (χ1v) is 17.7. The van der Waals surface area contributed by atoms with Gasteiger partial charge in [-0.25, -0.2) is 4.79 Å². The Morgan fingerprint density at radius 3 is 2.04 bits per heavy atom. The summed E-state index contributed by atoms with van der Waals surface area (Å²) >= 11 is 0. The van der Waals surface area contributed by atoms with Crippen molar-refractivity contribution in [1.29, 1.82) is 0 Å². The van der Waals surface area contributed by atoms with E-state index in [0.29, 0.717) is 12.8 Å². The number of carbonyl (C=O) groups is 6. The van der Waals surface area contributed by atoms with Crippen LogP contribution in [0, 0.1) is 28.6 Å². The molecular weight excluding hydrogens is 610 g/mol. The second-order valence-electron chi connectivity index (χ2n) is 15.5. The minimum absolute atomic E-state index is 0.0317. The molecular formula is C37H61N5O6. The van der Waals surface area contributed by atoms with E-state index in [4.69, 9.17) is 0 Å². The smallest absolute Gasteiger partial charge is 0.316 e. The molecule has 0 spiro atoms. The van der Waals surface area contributed by atoms with Crippen molar-refractivity contribution in [3.05, 3.63) is 25.3 Å². The van der Waals surface area contributed by atoms with Crippen molar-refractivity contribution in [3.8, 4) is 0 Å². The molecule has 2 rings (SSSR count). The lowest BCUT2D eigenvalue weighted by molar-refractivity contribution is -0.145. The second-order valence-corrected chi connectivity index (χ2v) is 15.5. The lowest BCUT2D eigenvalue weighted by Crippen LogP contribution is -2.62. The highest BCUT2D eigenvalue weighted by molar-refractivity contribution is 6.38. The van der Waals surface area contributed by atoms with Crippen molar-refractivity contribution in [1.82, 2.24) is 26.2 Å². The Hall–Kier alpha value is -3.50. The fourth-order valence-electron chi connectivity index (χ4n) is 6.90. The van der Waals surface area contributed by atoms with Crippen molar-refractivity contribution in [2.75, 3.05) is 13.1 Å². The van der Waals surface area contributed by atoms with E-state index in [0.717, 1.165) is 32.1 Å². The topological polar surface area (TPSA) is 154 Å². The minimum atomic E-state index is -1.07. The van der Waals surface area contributed by atoms with Gasteiger partial charge in [-0.05, 0) is 48.3 Å². The first-order valence-electron chi connectivity index (χ1n) is 17.7. The quantitative estimate of drug-likeness (QED) is 0.140. The van der Waals surface area contributed by atoms with Crippen molar-refractivity contribution >= 4 is 35.3 Å². The third kappa shape index (κ3) is 10.5. The number of urea groups is 1. The summed E-state index contributed by atoms with van der Waals surface area (Å²) in [6.45, 7) is 22.8. The van der Waals surface area contributed by atoms with Crippen LogP contribution in [-0.2, 0) is 24.0 Å². The third-order valence-electron chi connectivity index (χ3n) is 9.94. The Balaban J connectivity index is 2.41. The van der Waals surface area contributed by atoms with Crippen LogP contribution >= 0.6 is 0 Å². The van der Waals surface area contributed by atoms with E-state index >= 15 is 0 Å². The van der Waals surface area contributed by atoms with Crippen molar-refractivity contribution in [2.45, 2.75) is 131 Å². The summed E-state index contributed by atoms with van der Waals surface area (Å²) in [6, 6.07) is -4.34. The maximum Gasteiger partial charge on any atom is 0.316 e. The summed E-state index contributed by atoms with van der Waals surface area (Å²) in [6.07, 6.45) is 9.31. The van der Waals surface area contributed by atoms with Crippen LogP contribution in [0.3, 0.4) is 0 Å². The molecule has 4 N–H and O–H groups in total. The van der Waals surface area contributed by atoms with Crippen LogP contribution < -0.4 is 21.3 Å². The van der Waals surface area contributed by atoms with Gasteiger partial charge >= 0.3 is 6.03 Å². The number of likely N-dealkylation sites (tertiary alicyclic amines) is 1. The summed E-state index contributed by atoms with van der Waals surface area (Å²) < 4.78 is 0. The van der Waals surface area contributed by atoms with Gasteiger partial charge in [0.15, 0.2) is 5.78 Å². The zero-order valence-corrected chi connectivity index (χ0v) is 30.6. The molecule has 0 aromatic heterocycles. The number of hydrogen-bond acceptors (Lipinski definition) is 6. The molecule has 1 aliphatic heterocycles. The number of rotatable bonds is 16. The van der Waals surface area contributed by atoms with E-state index in [9.17, 15) is 28.8 Å². The predicted molar refractivity (Wildman–Crippen MR) is 188 cm³/mol. The molecule has 48 heavy (non-hydrogen) atoms. The maximum atomic E-state index is 14.5. The normalized spacial score (nSPS) is 20.6. The van der Waals surface area contributed by atoms with Crippen LogP contribution in [0.5, 0.6) is 0 Å². The largest absolute Gasteiger partial charge is 0.346 e. The van der Waals surface area contributed by atoms with Gasteiger partial charge in [0.1, 0.15) is 12.1 Å². The monoisotopic (exact) mass is 671 g/mol. The fraction of sp³-hybridized carbons (Fsp3) is 0.730. The average molecular weight is 672 g/mol. The minimum Gasteiger partial charge on any atom is -0.346 e. The van der Waals surface area contributed by atoms with Crippen LogP contribution in [-0.4, -0.2) is 77.5 Å². The Kier molecular flexibility index (Phi) is 15.1. The van der Waals surface area contributed by atoms with E-state index in [1.54, 1.807) is 6.08 Å². The van der Waals surface area contributed by atoms with E-state index in [2.05, 4.69) is 34.4 Å². The maximum absolute atomic E-state index is 14.5. The van der Waals surface area contributed by atoms with E-state index in [-0.39, 0.29) is 43.0 Å². The van der Waals surface area contributed by atoms with Crippen LogP contribution in [0.4, 0.5) is 4.79 Å². The van der Waals surface area contributed by atoms with Gasteiger partial charge in [-0.3, -0.25) is 24.0 Å². The highest BCUT2D eigenvalue weighted by Crippen LogP contribution is 2.41. The SMILES string of the molecule is C=CCNC(=O)C(=O)C(CCC)NC(=O)[C@@H]1[C@@H](C(C)(C)C=C)CCN1C(=O)[C@@H](NC(=O)N[C@H](C(=O)C(C)C)C1CCCCC1)C(C)(C)C. The molecule has 5 amide bonds. The van der Waals surface area contributed by atoms with Gasteiger partial charge in [0.2, 0.25) is 17.6 Å². The summed E-state index contributed by atoms with van der Waals surface area (Å²) in [5, 5.41) is 11.1. The van der Waals surface area contributed by atoms with Gasteiger partial charge in [-0.1, -0.05) is 93.2 Å². The van der Waals surface area contributed by atoms with Crippen molar-refractivity contribution in [3.63, 3.8) is 0 Å². The summed E-state index contributed by atoms with van der Waals surface area (Å²) in [5.41, 5.74) is -1.32. The number of hydrogen-bond donors (Lipinski definition) is 4. The van der Waals surface area contributed by atoms with Gasteiger partial charge < -0.3 is 26.2 Å². The van der Waals surface area contributed by atoms with Gasteiger partial charge in [0.25, 0.3) is 5.91 Å². The number of Topliss-reactive ketones (excluding diaryl/α,β-unsaturated/α-hetero) is 2. The van der Waals surface area contributed by atoms with Crippen LogP contribution in [0.2, 0.25) is 0 Å². The molecule has 0 radical (unpaired) electrons. The van der Waals surface area contributed by atoms with Gasteiger partial charge in [0.05, 0.1) is 12.1 Å². The number of carbonyl (C=O) groups excluding carboxylic acids is 6. The highest BCUT2D eigenvalue weighted by Gasteiger charge is 2.50. The molecule has 5 atom stereocenters. The highest BCUT2D eigenvalue weighted by atomic mass is 16.2. The Labute approximate surface area is 287 Å². The zero-order chi connectivity index (χ0) is 36.4. The van der Waals surface area contributed by atoms with Crippen molar-refractivity contribution in [2.24, 2.45) is 28.6 Å². The lowest BCUT2D eigenvalue weighted by Gasteiger charge is -2.39. The van der Waals surface area contributed by atoms with Gasteiger partial charge in [-0.15, -0.1) is 13.2 Å². The van der Waals surface area contributed by atoms with Crippen molar-refractivity contribution < 1.29 is 28.8 Å². The second kappa shape index (κ2) is 17.8. The zero-order valence-electron chi connectivity index (χ0n) is 30.6. The molecule has 1 unspecified atom stereocenters. The summed E-state index contributed by atoms with van der Waals surface area (Å²) in [7, 11) is 0. The van der Waals surface area contributed by atoms with Crippen LogP contribution in [0.15, 0.2) is 25.3 Å². The predicted octanol–water partition coefficient (Wildman–Crippen LogP) is 4.46. The molecule has 1 aliphatic carbocycles. The molecule has 0 aromatic carbocycles. The standard InChI is InChI=1S/C37H61N5O6/c1-11-17-26(30(44)33(46)38-21-12-2)39-32(45)28-25(37(9,10)13-3)20-22-42(28)34(47)31(36(6,7)8)41-35(48)40-27(29(43)23(4)5)24-18-15-14-16-19-24/h12-13,23-28,31H,2-3,11,14-22H2,1,4-10H3,(H,38,46)(H,39,45)(H2,40,41,48)/t25-,26?,27-,28-,31+/m0/s1. The molecule has 0 bridgehead atoms. The first-order chi connectivity index (χ1) is 22.4. The Morgan fingerprint density at radius 2 is 1.52 bits per heavy atom. The van der Waals surface area contributed by atoms with E-state index < -0.39 is 64.5 Å². The van der Waals surface area contributed by atoms with E-state index in [1.165, 1.54) is 11.0 Å². The number of nitrogens with zero attached hydrogens (tertiary/aromatic N) is 1. The average Bonchev–Trinajstić information content (AvgIpc) is 3.50. The number of nitrogens with one attached hydrogen (secondary N) is 4. The molecule has 2 aliphatic rings. The van der Waals surface area contributed by atoms with Crippen LogP contribution in [0.1, 0.15) is 107 Å². The Morgan fingerprint density at radius 1 is 0.896 bits per heavy atom. The first kappa shape index (κ1) is 40.7. The van der Waals surface area contributed by atoms with Gasteiger partial charge in [0, 0.05) is 19.0 Å².